The molecular weight excluding hydrogens is 214 g/mol. The standard InChI is InChI=1S/C14H23NO2/c1-4-5-6-7-15-10-11-12(16)8-14(2,3)9-13(11)17/h10,16H,4-9H2,1-3H3. The first-order valence-electron chi connectivity index (χ1n) is 6.41. The first kappa shape index (κ1) is 13.9. The Bertz CT molecular complexity index is 340. The van der Waals surface area contributed by atoms with Gasteiger partial charge in [0.1, 0.15) is 5.76 Å². The van der Waals surface area contributed by atoms with Gasteiger partial charge in [-0.05, 0) is 11.8 Å². The minimum absolute atomic E-state index is 0.0120. The van der Waals surface area contributed by atoms with Crippen molar-refractivity contribution in [3.8, 4) is 0 Å². The highest BCUT2D eigenvalue weighted by Crippen LogP contribution is 2.35. The van der Waals surface area contributed by atoms with E-state index in [2.05, 4.69) is 11.9 Å². The topological polar surface area (TPSA) is 49.7 Å². The molecule has 1 aliphatic carbocycles. The minimum Gasteiger partial charge on any atom is -0.511 e. The van der Waals surface area contributed by atoms with Crippen molar-refractivity contribution < 1.29 is 9.90 Å². The fourth-order valence-electron chi connectivity index (χ4n) is 2.06. The zero-order valence-electron chi connectivity index (χ0n) is 11.1. The van der Waals surface area contributed by atoms with E-state index < -0.39 is 0 Å². The fraction of sp³-hybridized carbons (Fsp3) is 0.714. The molecule has 0 amide bonds. The van der Waals surface area contributed by atoms with Gasteiger partial charge in [0.2, 0.25) is 0 Å². The highest BCUT2D eigenvalue weighted by molar-refractivity contribution is 6.14. The number of hydrogen-bond acceptors (Lipinski definition) is 3. The van der Waals surface area contributed by atoms with Crippen LogP contribution in [-0.2, 0) is 4.79 Å². The number of rotatable bonds is 5. The van der Waals surface area contributed by atoms with E-state index in [-0.39, 0.29) is 17.0 Å². The molecule has 0 aromatic carbocycles. The largest absolute Gasteiger partial charge is 0.511 e. The summed E-state index contributed by atoms with van der Waals surface area (Å²) in [5, 5.41) is 9.85. The van der Waals surface area contributed by atoms with E-state index in [9.17, 15) is 9.90 Å². The van der Waals surface area contributed by atoms with E-state index in [0.717, 1.165) is 25.8 Å². The Morgan fingerprint density at radius 1 is 1.35 bits per heavy atom. The summed E-state index contributed by atoms with van der Waals surface area (Å²) >= 11 is 0. The zero-order valence-corrected chi connectivity index (χ0v) is 11.1. The SMILES string of the molecule is CCCCCN=CC1=C(O)CC(C)(C)CC1=O. The molecule has 0 bridgehead atoms. The summed E-state index contributed by atoms with van der Waals surface area (Å²) in [6.07, 6.45) is 5.98. The Hall–Kier alpha value is -1.12. The molecule has 0 unspecified atom stereocenters. The van der Waals surface area contributed by atoms with E-state index in [0.29, 0.717) is 18.4 Å². The highest BCUT2D eigenvalue weighted by Gasteiger charge is 2.32. The van der Waals surface area contributed by atoms with Crippen molar-refractivity contribution in [2.75, 3.05) is 6.54 Å². The van der Waals surface area contributed by atoms with Crippen LogP contribution < -0.4 is 0 Å². The number of nitrogens with zero attached hydrogens (tertiary/aromatic N) is 1. The maximum atomic E-state index is 11.8. The number of aliphatic hydroxyl groups is 1. The second-order valence-electron chi connectivity index (χ2n) is 5.54. The number of Topliss-reactive ketones (excluding diaryl/α,β-unsaturated/α-hetero) is 1. The number of aliphatic imine (C=N–C) groups is 1. The van der Waals surface area contributed by atoms with Crippen molar-refractivity contribution >= 4 is 12.0 Å². The van der Waals surface area contributed by atoms with Gasteiger partial charge in [-0.3, -0.25) is 9.79 Å². The van der Waals surface area contributed by atoms with Gasteiger partial charge in [-0.15, -0.1) is 0 Å². The van der Waals surface area contributed by atoms with E-state index in [1.165, 1.54) is 0 Å². The van der Waals surface area contributed by atoms with Crippen LogP contribution in [0.4, 0.5) is 0 Å². The molecule has 1 N–H and O–H groups in total. The Morgan fingerprint density at radius 3 is 2.65 bits per heavy atom. The van der Waals surface area contributed by atoms with Crippen molar-refractivity contribution in [3.05, 3.63) is 11.3 Å². The molecule has 0 aliphatic heterocycles. The smallest absolute Gasteiger partial charge is 0.168 e. The Morgan fingerprint density at radius 2 is 2.06 bits per heavy atom. The van der Waals surface area contributed by atoms with Crippen LogP contribution in [0.2, 0.25) is 0 Å². The minimum atomic E-state index is -0.124. The van der Waals surface area contributed by atoms with Crippen LogP contribution in [0.5, 0.6) is 0 Å². The Balaban J connectivity index is 2.60. The van der Waals surface area contributed by atoms with Crippen LogP contribution in [0.15, 0.2) is 16.3 Å². The van der Waals surface area contributed by atoms with Gasteiger partial charge in [0, 0.05) is 25.6 Å². The lowest BCUT2D eigenvalue weighted by Gasteiger charge is -2.28. The predicted molar refractivity (Wildman–Crippen MR) is 70.6 cm³/mol. The third-order valence-corrected chi connectivity index (χ3v) is 3.01. The Labute approximate surface area is 104 Å². The van der Waals surface area contributed by atoms with Gasteiger partial charge in [0.05, 0.1) is 5.57 Å². The molecular formula is C14H23NO2. The zero-order chi connectivity index (χ0) is 12.9. The van der Waals surface area contributed by atoms with Crippen LogP contribution in [0, 0.1) is 5.41 Å². The van der Waals surface area contributed by atoms with Crippen LogP contribution in [0.25, 0.3) is 0 Å². The highest BCUT2D eigenvalue weighted by atomic mass is 16.3. The van der Waals surface area contributed by atoms with Crippen molar-refractivity contribution in [1.82, 2.24) is 0 Å². The predicted octanol–water partition coefficient (Wildman–Crippen LogP) is 3.45. The van der Waals surface area contributed by atoms with Crippen LogP contribution in [0.1, 0.15) is 52.9 Å². The normalized spacial score (nSPS) is 20.3. The van der Waals surface area contributed by atoms with E-state index in [1.54, 1.807) is 6.21 Å². The summed E-state index contributed by atoms with van der Waals surface area (Å²) in [6, 6.07) is 0. The molecule has 0 saturated carbocycles. The summed E-state index contributed by atoms with van der Waals surface area (Å²) in [5.74, 6) is 0.212. The van der Waals surface area contributed by atoms with E-state index in [4.69, 9.17) is 0 Å². The summed E-state index contributed by atoms with van der Waals surface area (Å²) in [6.45, 7) is 6.87. The van der Waals surface area contributed by atoms with Crippen molar-refractivity contribution in [3.63, 3.8) is 0 Å². The maximum absolute atomic E-state index is 11.8. The van der Waals surface area contributed by atoms with E-state index in [1.807, 2.05) is 13.8 Å². The van der Waals surface area contributed by atoms with E-state index >= 15 is 0 Å². The summed E-state index contributed by atoms with van der Waals surface area (Å²) in [7, 11) is 0. The Kier molecular flexibility index (Phi) is 4.91. The molecule has 0 fully saturated rings. The van der Waals surface area contributed by atoms with Gasteiger partial charge < -0.3 is 5.11 Å². The molecule has 1 rings (SSSR count). The monoisotopic (exact) mass is 237 g/mol. The molecule has 0 spiro atoms. The lowest BCUT2D eigenvalue weighted by Crippen LogP contribution is -2.26. The molecule has 0 saturated heterocycles. The van der Waals surface area contributed by atoms with Crippen molar-refractivity contribution in [2.24, 2.45) is 10.4 Å². The fourth-order valence-corrected chi connectivity index (χ4v) is 2.06. The lowest BCUT2D eigenvalue weighted by molar-refractivity contribution is -0.117. The molecule has 3 nitrogen and oxygen atoms in total. The lowest BCUT2D eigenvalue weighted by atomic mass is 9.77. The first-order chi connectivity index (χ1) is 7.96. The number of ketones is 1. The van der Waals surface area contributed by atoms with Gasteiger partial charge in [-0.2, -0.15) is 0 Å². The molecule has 0 atom stereocenters. The maximum Gasteiger partial charge on any atom is 0.168 e. The van der Waals surface area contributed by atoms with Gasteiger partial charge in [-0.25, -0.2) is 0 Å². The third kappa shape index (κ3) is 4.33. The summed E-state index contributed by atoms with van der Waals surface area (Å²) in [4.78, 5) is 16.0. The molecule has 0 aromatic rings. The number of carbonyl (C=O) groups is 1. The summed E-state index contributed by atoms with van der Waals surface area (Å²) in [5.41, 5.74) is 0.293. The van der Waals surface area contributed by atoms with Gasteiger partial charge in [0.25, 0.3) is 0 Å². The second-order valence-corrected chi connectivity index (χ2v) is 5.54. The van der Waals surface area contributed by atoms with Gasteiger partial charge in [0.15, 0.2) is 5.78 Å². The number of allylic oxidation sites excluding steroid dienone is 2. The average Bonchev–Trinajstić information content (AvgIpc) is 2.19. The first-order valence-corrected chi connectivity index (χ1v) is 6.41. The average molecular weight is 237 g/mol. The van der Waals surface area contributed by atoms with Crippen molar-refractivity contribution in [2.45, 2.75) is 52.9 Å². The molecule has 1 aliphatic rings. The van der Waals surface area contributed by atoms with Crippen LogP contribution >= 0.6 is 0 Å². The van der Waals surface area contributed by atoms with Crippen LogP contribution in [0.3, 0.4) is 0 Å². The number of unbranched alkanes of at least 4 members (excludes halogenated alkanes) is 2. The molecule has 3 heteroatoms. The van der Waals surface area contributed by atoms with Crippen molar-refractivity contribution in [1.29, 1.82) is 0 Å². The molecule has 96 valence electrons. The van der Waals surface area contributed by atoms with Gasteiger partial charge in [-0.1, -0.05) is 33.6 Å². The second kappa shape index (κ2) is 5.99. The molecule has 0 aromatic heterocycles. The molecule has 17 heavy (non-hydrogen) atoms. The third-order valence-electron chi connectivity index (χ3n) is 3.01. The molecule has 0 heterocycles. The quantitative estimate of drug-likeness (QED) is 0.588. The summed E-state index contributed by atoms with van der Waals surface area (Å²) < 4.78 is 0. The number of hydrogen-bond donors (Lipinski definition) is 1. The number of carbonyl (C=O) groups excluding carboxylic acids is 1. The van der Waals surface area contributed by atoms with Crippen LogP contribution in [-0.4, -0.2) is 23.6 Å². The van der Waals surface area contributed by atoms with Gasteiger partial charge >= 0.3 is 0 Å². The molecule has 0 radical (unpaired) electrons. The number of aliphatic hydroxyl groups excluding tert-OH is 1.